The van der Waals surface area contributed by atoms with E-state index in [4.69, 9.17) is 15.0 Å². The number of carbonyl (C=O) groups is 1. The quantitative estimate of drug-likeness (QED) is 0.505. The van der Waals surface area contributed by atoms with Crippen LogP contribution in [0.4, 0.5) is 0 Å². The fraction of sp³-hybridized carbons (Fsp3) is 0.462. The van der Waals surface area contributed by atoms with Crippen LogP contribution in [0.25, 0.3) is 10.4 Å². The van der Waals surface area contributed by atoms with Crippen molar-refractivity contribution < 1.29 is 19.4 Å². The molecule has 1 fully saturated rings. The topological polar surface area (TPSA) is 105 Å². The van der Waals surface area contributed by atoms with Crippen molar-refractivity contribution in [2.75, 3.05) is 6.79 Å². The number of hydrogen-bond acceptors (Lipinski definition) is 5. The first-order valence-corrected chi connectivity index (χ1v) is 6.34. The van der Waals surface area contributed by atoms with Crippen molar-refractivity contribution in [1.82, 2.24) is 0 Å². The molecular formula is C13H13N3O4. The van der Waals surface area contributed by atoms with Gasteiger partial charge in [0.25, 0.3) is 0 Å². The summed E-state index contributed by atoms with van der Waals surface area (Å²) in [6.45, 7) is 0.127. The van der Waals surface area contributed by atoms with E-state index in [1.165, 1.54) is 0 Å². The summed E-state index contributed by atoms with van der Waals surface area (Å²) in [7, 11) is 0. The Balaban J connectivity index is 2.04. The molecule has 2 aliphatic rings. The molecule has 3 rings (SSSR count). The van der Waals surface area contributed by atoms with Gasteiger partial charge in [-0.1, -0.05) is 17.2 Å². The van der Waals surface area contributed by atoms with E-state index in [0.717, 1.165) is 5.56 Å². The van der Waals surface area contributed by atoms with E-state index >= 15 is 0 Å². The lowest BCUT2D eigenvalue weighted by atomic mass is 9.78. The highest BCUT2D eigenvalue weighted by Crippen LogP contribution is 2.44. The molecule has 0 aromatic heterocycles. The van der Waals surface area contributed by atoms with Crippen LogP contribution in [0, 0.1) is 0 Å². The van der Waals surface area contributed by atoms with Gasteiger partial charge in [-0.05, 0) is 18.0 Å². The number of Topliss-reactive ketones (excluding diaryl/α,β-unsaturated/α-hetero) is 1. The van der Waals surface area contributed by atoms with Crippen molar-refractivity contribution in [2.45, 2.75) is 30.9 Å². The highest BCUT2D eigenvalue weighted by Gasteiger charge is 2.38. The molecule has 0 spiro atoms. The minimum absolute atomic E-state index is 0.0204. The summed E-state index contributed by atoms with van der Waals surface area (Å²) in [4.78, 5) is 14.7. The Labute approximate surface area is 114 Å². The number of hydrogen-bond donors (Lipinski definition) is 1. The van der Waals surface area contributed by atoms with Gasteiger partial charge in [-0.3, -0.25) is 4.79 Å². The monoisotopic (exact) mass is 275 g/mol. The van der Waals surface area contributed by atoms with Crippen molar-refractivity contribution in [3.05, 3.63) is 34.2 Å². The molecule has 1 heterocycles. The predicted octanol–water partition coefficient (Wildman–Crippen LogP) is 1.90. The van der Waals surface area contributed by atoms with Crippen LogP contribution in [-0.2, 0) is 4.79 Å². The van der Waals surface area contributed by atoms with Gasteiger partial charge >= 0.3 is 0 Å². The Morgan fingerprint density at radius 1 is 1.40 bits per heavy atom. The van der Waals surface area contributed by atoms with Crippen molar-refractivity contribution in [1.29, 1.82) is 0 Å². The van der Waals surface area contributed by atoms with E-state index in [2.05, 4.69) is 10.0 Å². The number of para-hydroxylation sites is 1. The number of aliphatic hydroxyl groups excluding tert-OH is 1. The van der Waals surface area contributed by atoms with Gasteiger partial charge in [0, 0.05) is 22.8 Å². The first-order valence-electron chi connectivity index (χ1n) is 6.34. The van der Waals surface area contributed by atoms with E-state index < -0.39 is 18.1 Å². The third-order valence-electron chi connectivity index (χ3n) is 3.68. The molecule has 7 heteroatoms. The molecule has 1 aromatic carbocycles. The van der Waals surface area contributed by atoms with Gasteiger partial charge in [0.05, 0.1) is 6.10 Å². The van der Waals surface area contributed by atoms with E-state index in [9.17, 15) is 9.90 Å². The summed E-state index contributed by atoms with van der Waals surface area (Å²) in [5, 5.41) is 13.4. The van der Waals surface area contributed by atoms with Crippen LogP contribution in [0.5, 0.6) is 11.5 Å². The van der Waals surface area contributed by atoms with Gasteiger partial charge in [-0.15, -0.1) is 0 Å². The number of carbonyl (C=O) groups excluding carboxylic acids is 1. The van der Waals surface area contributed by atoms with Crippen molar-refractivity contribution in [3.8, 4) is 11.5 Å². The Hall–Kier alpha value is -2.24. The predicted molar refractivity (Wildman–Crippen MR) is 68.5 cm³/mol. The molecule has 1 aliphatic carbocycles. The van der Waals surface area contributed by atoms with Crippen LogP contribution < -0.4 is 9.47 Å². The van der Waals surface area contributed by atoms with E-state index in [1.54, 1.807) is 12.1 Å². The van der Waals surface area contributed by atoms with E-state index in [-0.39, 0.29) is 19.0 Å². The Morgan fingerprint density at radius 3 is 3.05 bits per heavy atom. The lowest BCUT2D eigenvalue weighted by molar-refractivity contribution is -0.125. The maximum atomic E-state index is 12.0. The fourth-order valence-electron chi connectivity index (χ4n) is 2.83. The van der Waals surface area contributed by atoms with Crippen LogP contribution in [0.3, 0.4) is 0 Å². The molecule has 104 valence electrons. The highest BCUT2D eigenvalue weighted by atomic mass is 16.7. The molecule has 3 atom stereocenters. The average molecular weight is 275 g/mol. The number of ether oxygens (including phenoxy) is 2. The molecule has 0 bridgehead atoms. The van der Waals surface area contributed by atoms with Crippen LogP contribution in [0.2, 0.25) is 0 Å². The third kappa shape index (κ3) is 2.07. The average Bonchev–Trinajstić information content (AvgIpc) is 2.90. The number of nitrogens with zero attached hydrogens (tertiary/aromatic N) is 3. The largest absolute Gasteiger partial charge is 0.454 e. The number of fused-ring (bicyclic) bond motifs is 1. The number of rotatable bonds is 2. The molecule has 1 aromatic rings. The maximum absolute atomic E-state index is 12.0. The molecule has 1 saturated carbocycles. The molecule has 1 N–H and O–H groups in total. The molecule has 0 saturated heterocycles. The summed E-state index contributed by atoms with van der Waals surface area (Å²) in [6.07, 6.45) is -0.349. The molecule has 0 radical (unpaired) electrons. The van der Waals surface area contributed by atoms with E-state index in [0.29, 0.717) is 17.9 Å². The maximum Gasteiger partial charge on any atom is 0.231 e. The zero-order valence-electron chi connectivity index (χ0n) is 10.6. The molecule has 20 heavy (non-hydrogen) atoms. The van der Waals surface area contributed by atoms with Crippen molar-refractivity contribution in [2.24, 2.45) is 5.11 Å². The van der Waals surface area contributed by atoms with Crippen LogP contribution in [-0.4, -0.2) is 29.8 Å². The first-order chi connectivity index (χ1) is 9.70. The smallest absolute Gasteiger partial charge is 0.231 e. The fourth-order valence-corrected chi connectivity index (χ4v) is 2.83. The highest BCUT2D eigenvalue weighted by molar-refractivity contribution is 5.87. The first kappa shape index (κ1) is 12.8. The zero-order chi connectivity index (χ0) is 14.1. The summed E-state index contributed by atoms with van der Waals surface area (Å²) >= 11 is 0. The number of ketones is 1. The SMILES string of the molecule is [N-]=[N+]=N[C@@H]1C(=O)C[C@H](O)C[C@H]1c1cccc2c1OCO2. The Bertz CT molecular complexity index is 597. The third-order valence-corrected chi connectivity index (χ3v) is 3.68. The van der Waals surface area contributed by atoms with Gasteiger partial charge < -0.3 is 14.6 Å². The van der Waals surface area contributed by atoms with Crippen LogP contribution >= 0.6 is 0 Å². The van der Waals surface area contributed by atoms with Gasteiger partial charge in [-0.2, -0.15) is 0 Å². The lowest BCUT2D eigenvalue weighted by Crippen LogP contribution is -2.37. The Kier molecular flexibility index (Phi) is 3.22. The van der Waals surface area contributed by atoms with Crippen molar-refractivity contribution in [3.63, 3.8) is 0 Å². The summed E-state index contributed by atoms with van der Waals surface area (Å²) < 4.78 is 10.7. The van der Waals surface area contributed by atoms with Gasteiger partial charge in [0.2, 0.25) is 6.79 Å². The van der Waals surface area contributed by atoms with Gasteiger partial charge in [0.15, 0.2) is 11.5 Å². The number of azide groups is 1. The minimum atomic E-state index is -0.806. The van der Waals surface area contributed by atoms with Crippen LogP contribution in [0.1, 0.15) is 24.3 Å². The second-order valence-corrected chi connectivity index (χ2v) is 4.90. The lowest BCUT2D eigenvalue weighted by Gasteiger charge is -2.31. The summed E-state index contributed by atoms with van der Waals surface area (Å²) in [5.74, 6) is 0.536. The Morgan fingerprint density at radius 2 is 2.25 bits per heavy atom. The van der Waals surface area contributed by atoms with Gasteiger partial charge in [-0.25, -0.2) is 0 Å². The molecule has 0 unspecified atom stereocenters. The molecule has 0 amide bonds. The number of benzene rings is 1. The minimum Gasteiger partial charge on any atom is -0.454 e. The second-order valence-electron chi connectivity index (χ2n) is 4.90. The zero-order valence-corrected chi connectivity index (χ0v) is 10.6. The second kappa shape index (κ2) is 5.03. The van der Waals surface area contributed by atoms with Gasteiger partial charge in [0.1, 0.15) is 11.8 Å². The standard InChI is InChI=1S/C13H13N3O4/c14-16-15-12-9(4-7(17)5-10(12)18)8-2-1-3-11-13(8)20-6-19-11/h1-3,7,9,12,17H,4-6H2/t7-,9+,12+/m1/s1. The molecular weight excluding hydrogens is 262 g/mol. The molecule has 7 nitrogen and oxygen atoms in total. The normalized spacial score (nSPS) is 28.1. The number of aliphatic hydroxyl groups is 1. The molecule has 1 aliphatic heterocycles. The summed E-state index contributed by atoms with van der Waals surface area (Å²) in [6, 6.07) is 4.57. The van der Waals surface area contributed by atoms with E-state index in [1.807, 2.05) is 6.07 Å². The van der Waals surface area contributed by atoms with Crippen LogP contribution in [0.15, 0.2) is 23.3 Å². The van der Waals surface area contributed by atoms with Crippen molar-refractivity contribution >= 4 is 5.78 Å². The summed E-state index contributed by atoms with van der Waals surface area (Å²) in [5.41, 5.74) is 9.39.